The van der Waals surface area contributed by atoms with E-state index in [0.717, 1.165) is 0 Å². The van der Waals surface area contributed by atoms with Crippen molar-refractivity contribution in [3.8, 4) is 0 Å². The monoisotopic (exact) mass is 131 g/mol. The van der Waals surface area contributed by atoms with Crippen LogP contribution in [0.2, 0.25) is 0 Å². The van der Waals surface area contributed by atoms with Crippen LogP contribution in [-0.4, -0.2) is 24.3 Å². The zero-order chi connectivity index (χ0) is 7.11. The third kappa shape index (κ3) is 7.43. The molecule has 9 heavy (non-hydrogen) atoms. The molecule has 0 saturated carbocycles. The molecule has 0 fully saturated rings. The highest BCUT2D eigenvalue weighted by atomic mass is 16.5. The molecule has 0 atom stereocenters. The molecule has 0 rings (SSSR count). The smallest absolute Gasteiger partial charge is 0.307 e. The maximum atomic E-state index is 9.85. The van der Waals surface area contributed by atoms with Crippen molar-refractivity contribution in [3.05, 3.63) is 6.42 Å². The molecular formula is C6H11O3. The molecule has 1 N–H and O–H groups in total. The van der Waals surface area contributed by atoms with Gasteiger partial charge in [-0.05, 0) is 13.3 Å². The SMILES string of the molecule is CCOCC[CH]C(=O)O. The molecule has 0 bridgehead atoms. The van der Waals surface area contributed by atoms with Crippen molar-refractivity contribution in [2.45, 2.75) is 13.3 Å². The second-order valence-electron chi connectivity index (χ2n) is 1.53. The van der Waals surface area contributed by atoms with E-state index in [-0.39, 0.29) is 0 Å². The number of rotatable bonds is 5. The van der Waals surface area contributed by atoms with Gasteiger partial charge in [0.2, 0.25) is 0 Å². The lowest BCUT2D eigenvalue weighted by Crippen LogP contribution is -2.00. The molecule has 0 saturated heterocycles. The van der Waals surface area contributed by atoms with Crippen molar-refractivity contribution in [3.63, 3.8) is 0 Å². The summed E-state index contributed by atoms with van der Waals surface area (Å²) in [7, 11) is 0. The quantitative estimate of drug-likeness (QED) is 0.559. The van der Waals surface area contributed by atoms with Crippen molar-refractivity contribution in [1.82, 2.24) is 0 Å². The van der Waals surface area contributed by atoms with Gasteiger partial charge >= 0.3 is 5.97 Å². The summed E-state index contributed by atoms with van der Waals surface area (Å²) >= 11 is 0. The molecule has 0 aromatic rings. The average Bonchev–Trinajstić information content (AvgIpc) is 1.80. The fourth-order valence-corrected chi connectivity index (χ4v) is 0.410. The van der Waals surface area contributed by atoms with E-state index in [1.807, 2.05) is 6.92 Å². The molecule has 3 nitrogen and oxygen atoms in total. The highest BCUT2D eigenvalue weighted by molar-refractivity contribution is 5.76. The lowest BCUT2D eigenvalue weighted by atomic mass is 10.3. The highest BCUT2D eigenvalue weighted by Gasteiger charge is 1.94. The first-order valence-electron chi connectivity index (χ1n) is 2.91. The maximum Gasteiger partial charge on any atom is 0.307 e. The molecular weight excluding hydrogens is 120 g/mol. The summed E-state index contributed by atoms with van der Waals surface area (Å²) < 4.78 is 4.89. The topological polar surface area (TPSA) is 46.5 Å². The lowest BCUT2D eigenvalue weighted by molar-refractivity contribution is -0.133. The van der Waals surface area contributed by atoms with E-state index in [1.54, 1.807) is 0 Å². The van der Waals surface area contributed by atoms with Crippen LogP contribution in [0.4, 0.5) is 0 Å². The second kappa shape index (κ2) is 5.56. The van der Waals surface area contributed by atoms with Gasteiger partial charge in [0, 0.05) is 13.2 Å². The molecule has 0 aliphatic heterocycles. The van der Waals surface area contributed by atoms with Crippen molar-refractivity contribution in [2.75, 3.05) is 13.2 Å². The van der Waals surface area contributed by atoms with Crippen LogP contribution in [-0.2, 0) is 9.53 Å². The van der Waals surface area contributed by atoms with Crippen LogP contribution in [0.1, 0.15) is 13.3 Å². The molecule has 0 spiro atoms. The predicted octanol–water partition coefficient (Wildman–Crippen LogP) is 0.702. The fraction of sp³-hybridized carbons (Fsp3) is 0.667. The number of carboxylic acids is 1. The first-order chi connectivity index (χ1) is 4.27. The Morgan fingerprint density at radius 3 is 2.89 bits per heavy atom. The molecule has 53 valence electrons. The third-order valence-electron chi connectivity index (χ3n) is 0.785. The van der Waals surface area contributed by atoms with Gasteiger partial charge in [0.1, 0.15) is 0 Å². The summed E-state index contributed by atoms with van der Waals surface area (Å²) in [5.74, 6) is -0.880. The summed E-state index contributed by atoms with van der Waals surface area (Å²) in [6.07, 6.45) is 1.68. The summed E-state index contributed by atoms with van der Waals surface area (Å²) in [6.45, 7) is 3.02. The number of hydrogen-bond donors (Lipinski definition) is 1. The molecule has 0 aromatic heterocycles. The van der Waals surface area contributed by atoms with Crippen LogP contribution in [0.15, 0.2) is 0 Å². The van der Waals surface area contributed by atoms with Gasteiger partial charge in [-0.15, -0.1) is 0 Å². The number of carbonyl (C=O) groups is 1. The Kier molecular flexibility index (Phi) is 5.21. The van der Waals surface area contributed by atoms with E-state index in [9.17, 15) is 4.79 Å². The second-order valence-corrected chi connectivity index (χ2v) is 1.53. The van der Waals surface area contributed by atoms with E-state index in [4.69, 9.17) is 9.84 Å². The van der Waals surface area contributed by atoms with Gasteiger partial charge in [0.15, 0.2) is 0 Å². The van der Waals surface area contributed by atoms with Gasteiger partial charge in [0.05, 0.1) is 6.42 Å². The van der Waals surface area contributed by atoms with Crippen molar-refractivity contribution in [1.29, 1.82) is 0 Å². The third-order valence-corrected chi connectivity index (χ3v) is 0.785. The Morgan fingerprint density at radius 1 is 1.78 bits per heavy atom. The first kappa shape index (κ1) is 8.43. The van der Waals surface area contributed by atoms with Gasteiger partial charge in [-0.2, -0.15) is 0 Å². The van der Waals surface area contributed by atoms with E-state index >= 15 is 0 Å². The normalized spacial score (nSPS) is 9.44. The van der Waals surface area contributed by atoms with E-state index in [0.29, 0.717) is 19.6 Å². The summed E-state index contributed by atoms with van der Waals surface area (Å²) in [5.41, 5.74) is 0. The molecule has 0 aliphatic rings. The number of aliphatic carboxylic acids is 1. The average molecular weight is 131 g/mol. The van der Waals surface area contributed by atoms with Gasteiger partial charge in [-0.25, -0.2) is 0 Å². The van der Waals surface area contributed by atoms with Gasteiger partial charge in [0.25, 0.3) is 0 Å². The Bertz CT molecular complexity index is 80.4. The Balaban J connectivity index is 2.83. The Morgan fingerprint density at radius 2 is 2.44 bits per heavy atom. The van der Waals surface area contributed by atoms with E-state index in [2.05, 4.69) is 0 Å². The molecule has 0 heterocycles. The summed E-state index contributed by atoms with van der Waals surface area (Å²) in [4.78, 5) is 9.85. The van der Waals surface area contributed by atoms with Crippen molar-refractivity contribution < 1.29 is 14.6 Å². The summed E-state index contributed by atoms with van der Waals surface area (Å²) in [6, 6.07) is 0. The highest BCUT2D eigenvalue weighted by Crippen LogP contribution is 1.87. The van der Waals surface area contributed by atoms with Gasteiger partial charge in [-0.1, -0.05) is 0 Å². The zero-order valence-electron chi connectivity index (χ0n) is 5.46. The van der Waals surface area contributed by atoms with Crippen LogP contribution in [0.3, 0.4) is 0 Å². The van der Waals surface area contributed by atoms with Crippen LogP contribution >= 0.6 is 0 Å². The Labute approximate surface area is 54.6 Å². The Hall–Kier alpha value is -0.570. The fourth-order valence-electron chi connectivity index (χ4n) is 0.410. The standard InChI is InChI=1S/C6H11O3/c1-2-9-5-3-4-6(7)8/h4H,2-3,5H2,1H3,(H,7,8). The van der Waals surface area contributed by atoms with E-state index in [1.165, 1.54) is 6.42 Å². The molecule has 0 aromatic carbocycles. The first-order valence-corrected chi connectivity index (χ1v) is 2.91. The maximum absolute atomic E-state index is 9.85. The van der Waals surface area contributed by atoms with E-state index < -0.39 is 5.97 Å². The molecule has 0 unspecified atom stereocenters. The van der Waals surface area contributed by atoms with Gasteiger partial charge in [-0.3, -0.25) is 4.79 Å². The van der Waals surface area contributed by atoms with Crippen LogP contribution in [0, 0.1) is 6.42 Å². The van der Waals surface area contributed by atoms with Crippen LogP contribution < -0.4 is 0 Å². The summed E-state index contributed by atoms with van der Waals surface area (Å²) in [5, 5.41) is 8.10. The minimum atomic E-state index is -0.880. The minimum absolute atomic E-state index is 0.489. The van der Waals surface area contributed by atoms with Crippen LogP contribution in [0.25, 0.3) is 0 Å². The molecule has 3 heteroatoms. The van der Waals surface area contributed by atoms with Gasteiger partial charge < -0.3 is 9.84 Å². The number of hydrogen-bond acceptors (Lipinski definition) is 2. The lowest BCUT2D eigenvalue weighted by Gasteiger charge is -1.95. The molecule has 0 amide bonds. The minimum Gasteiger partial charge on any atom is -0.481 e. The largest absolute Gasteiger partial charge is 0.481 e. The molecule has 1 radical (unpaired) electrons. The van der Waals surface area contributed by atoms with Crippen molar-refractivity contribution in [2.24, 2.45) is 0 Å². The van der Waals surface area contributed by atoms with Crippen molar-refractivity contribution >= 4 is 5.97 Å². The number of ether oxygens (including phenoxy) is 1. The van der Waals surface area contributed by atoms with Crippen LogP contribution in [0.5, 0.6) is 0 Å². The predicted molar refractivity (Wildman–Crippen MR) is 33.0 cm³/mol. The zero-order valence-corrected chi connectivity index (χ0v) is 5.46. The molecule has 0 aliphatic carbocycles. The number of carboxylic acid groups (broad SMARTS) is 1.